The van der Waals surface area contributed by atoms with E-state index in [9.17, 15) is 59.9 Å². The van der Waals surface area contributed by atoms with Crippen LogP contribution in [0.1, 0.15) is 110 Å². The van der Waals surface area contributed by atoms with Gasteiger partial charge in [-0.25, -0.2) is 4.57 Å². The van der Waals surface area contributed by atoms with Crippen molar-refractivity contribution in [1.82, 2.24) is 0 Å². The van der Waals surface area contributed by atoms with Crippen LogP contribution in [0.15, 0.2) is 122 Å². The molecular formula is C51H79O16P. The Morgan fingerprint density at radius 3 is 1.62 bits per heavy atom. The van der Waals surface area contributed by atoms with Crippen molar-refractivity contribution in [2.75, 3.05) is 13.2 Å². The number of ether oxygens (including phenoxy) is 2. The molecule has 0 amide bonds. The third-order valence-corrected chi connectivity index (χ3v) is 11.2. The van der Waals surface area contributed by atoms with Crippen LogP contribution in [0.4, 0.5) is 0 Å². The predicted octanol–water partition coefficient (Wildman–Crippen LogP) is 6.30. The number of phosphoric acid groups is 1. The van der Waals surface area contributed by atoms with E-state index in [1.165, 1.54) is 6.08 Å². The number of allylic oxidation sites excluding steroid dienone is 18. The molecule has 384 valence electrons. The molecule has 1 fully saturated rings. The van der Waals surface area contributed by atoms with Crippen molar-refractivity contribution in [2.45, 2.75) is 171 Å². The lowest BCUT2D eigenvalue weighted by atomic mass is 9.85. The number of phosphoric ester groups is 1. The van der Waals surface area contributed by atoms with Crippen molar-refractivity contribution in [2.24, 2.45) is 0 Å². The highest BCUT2D eigenvalue weighted by molar-refractivity contribution is 7.47. The predicted molar refractivity (Wildman–Crippen MR) is 262 cm³/mol. The number of aliphatic hydroxyl groups is 8. The lowest BCUT2D eigenvalue weighted by Crippen LogP contribution is -2.64. The second-order valence-electron chi connectivity index (χ2n) is 16.1. The van der Waals surface area contributed by atoms with E-state index < -0.39 is 94.0 Å². The van der Waals surface area contributed by atoms with E-state index in [0.29, 0.717) is 12.8 Å². The maximum Gasteiger partial charge on any atom is 0.472 e. The Morgan fingerprint density at radius 1 is 0.574 bits per heavy atom. The Hall–Kier alpha value is -3.87. The van der Waals surface area contributed by atoms with Gasteiger partial charge in [0.05, 0.1) is 24.9 Å². The fourth-order valence-corrected chi connectivity index (χ4v) is 7.20. The molecule has 1 aliphatic rings. The summed E-state index contributed by atoms with van der Waals surface area (Å²) >= 11 is 0. The molecular weight excluding hydrogens is 900 g/mol. The summed E-state index contributed by atoms with van der Waals surface area (Å²) in [6.45, 7) is 2.71. The fourth-order valence-electron chi connectivity index (χ4n) is 6.22. The van der Waals surface area contributed by atoms with Gasteiger partial charge in [-0.2, -0.15) is 0 Å². The van der Waals surface area contributed by atoms with E-state index in [-0.39, 0.29) is 32.1 Å². The van der Waals surface area contributed by atoms with E-state index >= 15 is 0 Å². The topological polar surface area (TPSA) is 270 Å². The molecule has 0 aromatic carbocycles. The molecule has 0 aliphatic heterocycles. The molecule has 0 bridgehead atoms. The van der Waals surface area contributed by atoms with Crippen LogP contribution in [-0.2, 0) is 32.7 Å². The molecule has 9 N–H and O–H groups in total. The van der Waals surface area contributed by atoms with Gasteiger partial charge in [-0.3, -0.25) is 18.6 Å². The maximum atomic E-state index is 12.8. The third-order valence-electron chi connectivity index (χ3n) is 10.2. The Morgan fingerprint density at radius 2 is 1.07 bits per heavy atom. The molecule has 11 atom stereocenters. The van der Waals surface area contributed by atoms with Crippen LogP contribution in [0.5, 0.6) is 0 Å². The summed E-state index contributed by atoms with van der Waals surface area (Å²) in [5, 5.41) is 80.7. The largest absolute Gasteiger partial charge is 0.472 e. The van der Waals surface area contributed by atoms with Gasteiger partial charge in [0.15, 0.2) is 6.10 Å². The van der Waals surface area contributed by atoms with Crippen molar-refractivity contribution in [3.63, 3.8) is 0 Å². The van der Waals surface area contributed by atoms with E-state index in [2.05, 4.69) is 62.5 Å². The zero-order chi connectivity index (χ0) is 50.4. The first-order valence-electron chi connectivity index (χ1n) is 23.7. The highest BCUT2D eigenvalue weighted by Crippen LogP contribution is 2.47. The van der Waals surface area contributed by atoms with E-state index in [4.69, 9.17) is 18.5 Å². The molecule has 1 rings (SSSR count). The zero-order valence-corrected chi connectivity index (χ0v) is 40.6. The molecule has 1 aliphatic carbocycles. The van der Waals surface area contributed by atoms with Crippen LogP contribution in [0.25, 0.3) is 0 Å². The van der Waals surface area contributed by atoms with Crippen molar-refractivity contribution >= 4 is 19.8 Å². The lowest BCUT2D eigenvalue weighted by Gasteiger charge is -2.41. The first kappa shape index (κ1) is 62.1. The molecule has 0 saturated heterocycles. The van der Waals surface area contributed by atoms with Crippen LogP contribution in [0.2, 0.25) is 0 Å². The first-order valence-corrected chi connectivity index (χ1v) is 25.2. The van der Waals surface area contributed by atoms with Crippen LogP contribution in [0.3, 0.4) is 0 Å². The summed E-state index contributed by atoms with van der Waals surface area (Å²) in [5.74, 6) is -1.54. The highest BCUT2D eigenvalue weighted by Gasteiger charge is 2.51. The summed E-state index contributed by atoms with van der Waals surface area (Å²) in [6, 6.07) is 0. The zero-order valence-electron chi connectivity index (χ0n) is 39.7. The Balaban J connectivity index is 2.66. The van der Waals surface area contributed by atoms with Gasteiger partial charge in [0.1, 0.15) is 43.2 Å². The Labute approximate surface area is 403 Å². The summed E-state index contributed by atoms with van der Waals surface area (Å²) in [4.78, 5) is 35.8. The molecule has 68 heavy (non-hydrogen) atoms. The van der Waals surface area contributed by atoms with Gasteiger partial charge >= 0.3 is 19.8 Å². The average Bonchev–Trinajstić information content (AvgIpc) is 3.31. The molecule has 1 saturated carbocycles. The van der Waals surface area contributed by atoms with E-state index in [1.54, 1.807) is 48.6 Å². The van der Waals surface area contributed by atoms with Crippen molar-refractivity contribution < 1.29 is 78.4 Å². The number of esters is 2. The van der Waals surface area contributed by atoms with Gasteiger partial charge in [0.25, 0.3) is 0 Å². The number of carbonyl (C=O) groups is 2. The quantitative estimate of drug-likeness (QED) is 0.0110. The number of unbranched alkanes of at least 4 members (excludes halogenated alkanes) is 2. The summed E-state index contributed by atoms with van der Waals surface area (Å²) in [7, 11) is -5.23. The van der Waals surface area contributed by atoms with Crippen LogP contribution in [0, 0.1) is 0 Å². The second-order valence-corrected chi connectivity index (χ2v) is 17.5. The minimum atomic E-state index is -5.23. The minimum absolute atomic E-state index is 0.0239. The summed E-state index contributed by atoms with van der Waals surface area (Å²) < 4.78 is 33.2. The fraction of sp³-hybridized carbons (Fsp3) is 0.569. The van der Waals surface area contributed by atoms with E-state index in [0.717, 1.165) is 51.4 Å². The SMILES string of the molecule is CC/C=C\C/C=C\C/C=C\C/C=C\C/C=C\C/C=C\CCC(=O)O[C@H](COC(=O)CCC[C@@H](O)[C@H](O)/C=C/C=C/C=C\C=C\[C@H](O)CCCCC)COP(=O)(O)OC1[C@H](O)[C@H](O)C(O)[C@H](O)[C@H]1O. The first-order chi connectivity index (χ1) is 32.6. The Kier molecular flexibility index (Phi) is 35.6. The Bertz CT molecular complexity index is 1700. The monoisotopic (exact) mass is 979 g/mol. The number of aliphatic hydroxyl groups excluding tert-OH is 8. The normalized spacial score (nSPS) is 23.5. The van der Waals surface area contributed by atoms with Crippen LogP contribution >= 0.6 is 7.82 Å². The van der Waals surface area contributed by atoms with Gasteiger partial charge < -0.3 is 55.2 Å². The standard InChI is InChI=1S/C51H79O16P/c1-3-5-7-8-9-10-11-12-13-14-15-16-17-18-19-20-21-26-30-36-45(56)66-41(39-65-68(62,63)67-51-49(60)47(58)46(57)48(59)50(51)61)38-64-44(55)37-31-35-43(54)42(53)34-29-25-23-22-24-28-33-40(52)32-27-6-4-2/h5,7,9-10,12-13,15-16,18-19,21-26,28-29,33-34,40-43,46-54,57-61H,3-4,6,8,11,14,17,20,27,30-32,35-39H2,1-2H3,(H,62,63)/b7-5-,10-9-,13-12-,16-15-,19-18-,24-22-,25-23+,26-21-,33-28+,34-29+/t40-,41-,42-,43-,46?,47-,48+,49-,50-,51?/m1/s1. The lowest BCUT2D eigenvalue weighted by molar-refractivity contribution is -0.220. The molecule has 0 radical (unpaired) electrons. The molecule has 0 heterocycles. The molecule has 0 spiro atoms. The van der Waals surface area contributed by atoms with Crippen molar-refractivity contribution in [3.8, 4) is 0 Å². The molecule has 3 unspecified atom stereocenters. The minimum Gasteiger partial charge on any atom is -0.462 e. The van der Waals surface area contributed by atoms with Crippen molar-refractivity contribution in [3.05, 3.63) is 122 Å². The van der Waals surface area contributed by atoms with Crippen LogP contribution in [-0.4, -0.2) is 132 Å². The molecule has 0 aromatic heterocycles. The highest BCUT2D eigenvalue weighted by atomic mass is 31.2. The van der Waals surface area contributed by atoms with Gasteiger partial charge in [-0.1, -0.05) is 155 Å². The second kappa shape index (κ2) is 38.9. The maximum absolute atomic E-state index is 12.8. The number of hydrogen-bond donors (Lipinski definition) is 9. The van der Waals surface area contributed by atoms with E-state index in [1.807, 2.05) is 18.2 Å². The summed E-state index contributed by atoms with van der Waals surface area (Å²) in [5.41, 5.74) is 0. The summed E-state index contributed by atoms with van der Waals surface area (Å²) in [6.07, 6.45) is 30.3. The third kappa shape index (κ3) is 30.6. The van der Waals surface area contributed by atoms with Gasteiger partial charge in [-0.05, 0) is 64.2 Å². The number of hydrogen-bond acceptors (Lipinski definition) is 15. The number of carbonyl (C=O) groups excluding carboxylic acids is 2. The molecule has 0 aromatic rings. The van der Waals surface area contributed by atoms with Crippen LogP contribution < -0.4 is 0 Å². The number of rotatable bonds is 36. The smallest absolute Gasteiger partial charge is 0.462 e. The average molecular weight is 979 g/mol. The van der Waals surface area contributed by atoms with Gasteiger partial charge in [0.2, 0.25) is 0 Å². The van der Waals surface area contributed by atoms with Gasteiger partial charge in [0, 0.05) is 12.8 Å². The van der Waals surface area contributed by atoms with Gasteiger partial charge in [-0.15, -0.1) is 0 Å². The molecule has 16 nitrogen and oxygen atoms in total. The molecule has 17 heteroatoms. The van der Waals surface area contributed by atoms with Crippen molar-refractivity contribution in [1.29, 1.82) is 0 Å².